The number of hydrogen-bond donors (Lipinski definition) is 2. The molecule has 0 bridgehead atoms. The summed E-state index contributed by atoms with van der Waals surface area (Å²) in [6.45, 7) is 3.87. The molecule has 4 heteroatoms. The minimum Gasteiger partial charge on any atom is -0.350 e. The first-order valence-electron chi connectivity index (χ1n) is 5.88. The first-order valence-corrected chi connectivity index (χ1v) is 5.88. The highest BCUT2D eigenvalue weighted by atomic mass is 16.2. The van der Waals surface area contributed by atoms with Crippen LogP contribution in [0.3, 0.4) is 0 Å². The summed E-state index contributed by atoms with van der Waals surface area (Å²) in [7, 11) is 0. The van der Waals surface area contributed by atoms with Gasteiger partial charge >= 0.3 is 0 Å². The fraction of sp³-hybridized carbons (Fsp3) is 0.286. The maximum Gasteiger partial charge on any atom is 0.244 e. The van der Waals surface area contributed by atoms with E-state index in [1.54, 1.807) is 19.9 Å². The highest BCUT2D eigenvalue weighted by Gasteiger charge is 2.13. The normalized spacial score (nSPS) is 12.1. The zero-order chi connectivity index (χ0) is 13.4. The van der Waals surface area contributed by atoms with Crippen LogP contribution in [-0.4, -0.2) is 17.9 Å². The van der Waals surface area contributed by atoms with Crippen molar-refractivity contribution in [2.45, 2.75) is 26.4 Å². The Morgan fingerprint density at radius 2 is 1.94 bits per heavy atom. The number of benzene rings is 1. The Bertz CT molecular complexity index is 427. The van der Waals surface area contributed by atoms with Crippen molar-refractivity contribution in [1.29, 1.82) is 0 Å². The number of carbonyl (C=O) groups is 2. The summed E-state index contributed by atoms with van der Waals surface area (Å²) < 4.78 is 0. The van der Waals surface area contributed by atoms with Gasteiger partial charge in [0.05, 0.1) is 0 Å². The largest absolute Gasteiger partial charge is 0.350 e. The van der Waals surface area contributed by atoms with Crippen molar-refractivity contribution < 1.29 is 9.59 Å². The van der Waals surface area contributed by atoms with Crippen molar-refractivity contribution in [3.63, 3.8) is 0 Å². The number of hydrogen-bond acceptors (Lipinski definition) is 2. The molecule has 2 amide bonds. The molecule has 96 valence electrons. The van der Waals surface area contributed by atoms with E-state index in [0.29, 0.717) is 6.54 Å². The Kier molecular flexibility index (Phi) is 5.64. The molecule has 18 heavy (non-hydrogen) atoms. The molecule has 0 aliphatic rings. The predicted octanol–water partition coefficient (Wildman–Crippen LogP) is 1.38. The van der Waals surface area contributed by atoms with Crippen molar-refractivity contribution in [3.8, 4) is 0 Å². The highest BCUT2D eigenvalue weighted by Crippen LogP contribution is 1.97. The maximum absolute atomic E-state index is 11.7. The summed E-state index contributed by atoms with van der Waals surface area (Å²) in [5.74, 6) is -0.462. The van der Waals surface area contributed by atoms with Crippen LogP contribution in [0.4, 0.5) is 0 Å². The Labute approximate surface area is 107 Å². The molecule has 2 N–H and O–H groups in total. The molecule has 0 aliphatic heterocycles. The average molecular weight is 246 g/mol. The lowest BCUT2D eigenvalue weighted by Crippen LogP contribution is -2.44. The van der Waals surface area contributed by atoms with E-state index in [2.05, 4.69) is 10.6 Å². The van der Waals surface area contributed by atoms with Gasteiger partial charge in [0.1, 0.15) is 6.04 Å². The van der Waals surface area contributed by atoms with E-state index in [1.807, 2.05) is 30.3 Å². The van der Waals surface area contributed by atoms with Gasteiger partial charge in [-0.3, -0.25) is 9.59 Å². The SMILES string of the molecule is C/C=C/C(=O)NC(C)C(=O)NCc1ccccc1. The number of nitrogens with one attached hydrogen (secondary N) is 2. The summed E-state index contributed by atoms with van der Waals surface area (Å²) in [6, 6.07) is 9.08. The van der Waals surface area contributed by atoms with Gasteiger partial charge in [0.2, 0.25) is 11.8 Å². The Hall–Kier alpha value is -2.10. The number of carbonyl (C=O) groups excluding carboxylic acids is 2. The van der Waals surface area contributed by atoms with Crippen molar-refractivity contribution in [3.05, 3.63) is 48.0 Å². The topological polar surface area (TPSA) is 58.2 Å². The van der Waals surface area contributed by atoms with Crippen molar-refractivity contribution in [2.75, 3.05) is 0 Å². The van der Waals surface area contributed by atoms with Gasteiger partial charge in [-0.25, -0.2) is 0 Å². The molecule has 0 fully saturated rings. The molecule has 0 saturated heterocycles. The van der Waals surface area contributed by atoms with Crippen molar-refractivity contribution >= 4 is 11.8 Å². The summed E-state index contributed by atoms with van der Waals surface area (Å²) in [4.78, 5) is 23.0. The minimum atomic E-state index is -0.544. The molecule has 1 aromatic rings. The van der Waals surface area contributed by atoms with Gasteiger partial charge in [-0.15, -0.1) is 0 Å². The van der Waals surface area contributed by atoms with Gasteiger partial charge in [0.15, 0.2) is 0 Å². The van der Waals surface area contributed by atoms with Gasteiger partial charge in [-0.05, 0) is 25.5 Å². The Morgan fingerprint density at radius 3 is 2.56 bits per heavy atom. The molecule has 0 spiro atoms. The quantitative estimate of drug-likeness (QED) is 0.771. The fourth-order valence-corrected chi connectivity index (χ4v) is 1.42. The van der Waals surface area contributed by atoms with Crippen LogP contribution in [0.5, 0.6) is 0 Å². The predicted molar refractivity (Wildman–Crippen MR) is 70.7 cm³/mol. The standard InChI is InChI=1S/C14H18N2O2/c1-3-7-13(17)16-11(2)14(18)15-10-12-8-5-4-6-9-12/h3-9,11H,10H2,1-2H3,(H,15,18)(H,16,17)/b7-3+. The molecule has 4 nitrogen and oxygen atoms in total. The van der Waals surface area contributed by atoms with E-state index < -0.39 is 6.04 Å². The highest BCUT2D eigenvalue weighted by molar-refractivity contribution is 5.92. The molecule has 0 saturated carbocycles. The molecule has 1 aromatic carbocycles. The van der Waals surface area contributed by atoms with E-state index in [4.69, 9.17) is 0 Å². The zero-order valence-corrected chi connectivity index (χ0v) is 10.6. The van der Waals surface area contributed by atoms with Crippen LogP contribution in [-0.2, 0) is 16.1 Å². The first-order chi connectivity index (χ1) is 8.63. The van der Waals surface area contributed by atoms with Crippen LogP contribution >= 0.6 is 0 Å². The fourth-order valence-electron chi connectivity index (χ4n) is 1.42. The Morgan fingerprint density at radius 1 is 1.28 bits per heavy atom. The molecular formula is C14H18N2O2. The van der Waals surface area contributed by atoms with Gasteiger partial charge in [0.25, 0.3) is 0 Å². The molecule has 1 unspecified atom stereocenters. The lowest BCUT2D eigenvalue weighted by Gasteiger charge is -2.12. The van der Waals surface area contributed by atoms with Crippen LogP contribution in [0.25, 0.3) is 0 Å². The molecule has 0 aromatic heterocycles. The maximum atomic E-state index is 11.7. The third-order valence-corrected chi connectivity index (χ3v) is 2.38. The number of allylic oxidation sites excluding steroid dienone is 1. The lowest BCUT2D eigenvalue weighted by molar-refractivity contribution is -0.126. The van der Waals surface area contributed by atoms with E-state index in [1.165, 1.54) is 6.08 Å². The zero-order valence-electron chi connectivity index (χ0n) is 10.6. The number of amides is 2. The van der Waals surface area contributed by atoms with Gasteiger partial charge in [-0.2, -0.15) is 0 Å². The van der Waals surface area contributed by atoms with E-state index in [9.17, 15) is 9.59 Å². The third kappa shape index (κ3) is 4.82. The van der Waals surface area contributed by atoms with E-state index >= 15 is 0 Å². The van der Waals surface area contributed by atoms with E-state index in [-0.39, 0.29) is 11.8 Å². The monoisotopic (exact) mass is 246 g/mol. The molecular weight excluding hydrogens is 228 g/mol. The van der Waals surface area contributed by atoms with Crippen LogP contribution in [0.15, 0.2) is 42.5 Å². The molecule has 1 rings (SSSR count). The smallest absolute Gasteiger partial charge is 0.244 e. The second-order valence-corrected chi connectivity index (χ2v) is 3.93. The first kappa shape index (κ1) is 14.0. The van der Waals surface area contributed by atoms with Crippen LogP contribution in [0.2, 0.25) is 0 Å². The summed E-state index contributed by atoms with van der Waals surface area (Å²) in [5.41, 5.74) is 1.03. The Balaban J connectivity index is 2.39. The minimum absolute atomic E-state index is 0.197. The molecule has 0 radical (unpaired) electrons. The van der Waals surface area contributed by atoms with Gasteiger partial charge in [-0.1, -0.05) is 36.4 Å². The second kappa shape index (κ2) is 7.27. The number of rotatable bonds is 5. The third-order valence-electron chi connectivity index (χ3n) is 2.38. The molecule has 0 aliphatic carbocycles. The van der Waals surface area contributed by atoms with Crippen LogP contribution < -0.4 is 10.6 Å². The average Bonchev–Trinajstić information content (AvgIpc) is 2.37. The van der Waals surface area contributed by atoms with Crippen molar-refractivity contribution in [2.24, 2.45) is 0 Å². The van der Waals surface area contributed by atoms with Gasteiger partial charge < -0.3 is 10.6 Å². The summed E-state index contributed by atoms with van der Waals surface area (Å²) in [5, 5.41) is 5.35. The lowest BCUT2D eigenvalue weighted by atomic mass is 10.2. The summed E-state index contributed by atoms with van der Waals surface area (Å²) >= 11 is 0. The molecule has 0 heterocycles. The van der Waals surface area contributed by atoms with Crippen molar-refractivity contribution in [1.82, 2.24) is 10.6 Å². The van der Waals surface area contributed by atoms with Crippen LogP contribution in [0, 0.1) is 0 Å². The molecule has 1 atom stereocenters. The van der Waals surface area contributed by atoms with E-state index in [0.717, 1.165) is 5.56 Å². The van der Waals surface area contributed by atoms with Crippen LogP contribution in [0.1, 0.15) is 19.4 Å². The second-order valence-electron chi connectivity index (χ2n) is 3.93. The summed E-state index contributed by atoms with van der Waals surface area (Å²) in [6.07, 6.45) is 3.02. The van der Waals surface area contributed by atoms with Gasteiger partial charge in [0, 0.05) is 6.54 Å².